The summed E-state index contributed by atoms with van der Waals surface area (Å²) in [5.41, 5.74) is 1.90. The highest BCUT2D eigenvalue weighted by Crippen LogP contribution is 2.21. The average molecular weight is 247 g/mol. The second-order valence-electron chi connectivity index (χ2n) is 4.76. The third kappa shape index (κ3) is 2.89. The maximum absolute atomic E-state index is 12.1. The molecule has 0 amide bonds. The summed E-state index contributed by atoms with van der Waals surface area (Å²) in [6.07, 6.45) is 0. The molecule has 98 valence electrons. The number of carbonyl (C=O) groups is 1. The number of benzene rings is 1. The first kappa shape index (κ1) is 13.1. The number of para-hydroxylation sites is 1. The fourth-order valence-corrected chi connectivity index (χ4v) is 2.29. The molecule has 1 aliphatic rings. The zero-order chi connectivity index (χ0) is 13.0. The van der Waals surface area contributed by atoms with Gasteiger partial charge in [-0.15, -0.1) is 0 Å². The largest absolute Gasteiger partial charge is 0.368 e. The first-order valence-electron chi connectivity index (χ1n) is 6.42. The van der Waals surface area contributed by atoms with Crippen LogP contribution >= 0.6 is 0 Å². The lowest BCUT2D eigenvalue weighted by atomic mass is 10.1. The lowest BCUT2D eigenvalue weighted by Gasteiger charge is -2.35. The number of Topliss-reactive ketones (excluding diaryl/α,β-unsaturated/α-hetero) is 1. The third-order valence-corrected chi connectivity index (χ3v) is 3.39. The van der Waals surface area contributed by atoms with Gasteiger partial charge in [-0.3, -0.25) is 4.79 Å². The van der Waals surface area contributed by atoms with E-state index in [1.54, 1.807) is 7.05 Å². The summed E-state index contributed by atoms with van der Waals surface area (Å²) < 4.78 is 0. The molecule has 1 aromatic rings. The molecule has 0 spiro atoms. The normalized spacial score (nSPS) is 16.9. The highest BCUT2D eigenvalue weighted by molar-refractivity contribution is 6.02. The maximum Gasteiger partial charge on any atom is 0.178 e. The number of rotatable bonds is 4. The summed E-state index contributed by atoms with van der Waals surface area (Å²) in [5.74, 6) is 0.159. The van der Waals surface area contributed by atoms with Crippen LogP contribution in [0.25, 0.3) is 0 Å². The molecule has 0 unspecified atom stereocenters. The van der Waals surface area contributed by atoms with E-state index in [0.717, 1.165) is 37.4 Å². The number of ketones is 1. The minimum Gasteiger partial charge on any atom is -0.368 e. The maximum atomic E-state index is 12.1. The van der Waals surface area contributed by atoms with Crippen LogP contribution in [0.2, 0.25) is 0 Å². The smallest absolute Gasteiger partial charge is 0.178 e. The Labute approximate surface area is 109 Å². The van der Waals surface area contributed by atoms with Gasteiger partial charge in [0.2, 0.25) is 0 Å². The molecule has 18 heavy (non-hydrogen) atoms. The lowest BCUT2D eigenvalue weighted by Crippen LogP contribution is -2.45. The fourth-order valence-electron chi connectivity index (χ4n) is 2.29. The van der Waals surface area contributed by atoms with Crippen LogP contribution in [0.15, 0.2) is 24.3 Å². The van der Waals surface area contributed by atoms with Crippen molar-refractivity contribution in [3.05, 3.63) is 29.8 Å². The average Bonchev–Trinajstić information content (AvgIpc) is 2.40. The third-order valence-electron chi connectivity index (χ3n) is 3.39. The van der Waals surface area contributed by atoms with Gasteiger partial charge in [0.1, 0.15) is 0 Å². The molecule has 4 heteroatoms. The summed E-state index contributed by atoms with van der Waals surface area (Å²) >= 11 is 0. The zero-order valence-corrected chi connectivity index (χ0v) is 11.1. The van der Waals surface area contributed by atoms with E-state index in [1.165, 1.54) is 0 Å². The van der Waals surface area contributed by atoms with Gasteiger partial charge in [0.25, 0.3) is 0 Å². The topological polar surface area (TPSA) is 35.6 Å². The summed E-state index contributed by atoms with van der Waals surface area (Å²) in [6.45, 7) is 4.47. The molecule has 0 bridgehead atoms. The number of hydrogen-bond donors (Lipinski definition) is 1. The van der Waals surface area contributed by atoms with Crippen molar-refractivity contribution in [2.45, 2.75) is 0 Å². The van der Waals surface area contributed by atoms with Crippen molar-refractivity contribution in [2.24, 2.45) is 0 Å². The molecule has 0 radical (unpaired) electrons. The number of likely N-dealkylation sites (N-methyl/N-ethyl adjacent to an activating group) is 2. The summed E-state index contributed by atoms with van der Waals surface area (Å²) in [5, 5.41) is 2.93. The predicted molar refractivity (Wildman–Crippen MR) is 74.4 cm³/mol. The molecule has 1 aromatic carbocycles. The van der Waals surface area contributed by atoms with Crippen LogP contribution in [0.4, 0.5) is 5.69 Å². The van der Waals surface area contributed by atoms with Crippen LogP contribution < -0.4 is 10.2 Å². The Morgan fingerprint density at radius 3 is 2.56 bits per heavy atom. The minimum atomic E-state index is 0.159. The van der Waals surface area contributed by atoms with Crippen LogP contribution in [0.5, 0.6) is 0 Å². The van der Waals surface area contributed by atoms with Crippen molar-refractivity contribution in [1.29, 1.82) is 0 Å². The van der Waals surface area contributed by atoms with Gasteiger partial charge in [0.05, 0.1) is 6.54 Å². The minimum absolute atomic E-state index is 0.159. The Morgan fingerprint density at radius 2 is 1.89 bits per heavy atom. The second-order valence-corrected chi connectivity index (χ2v) is 4.76. The van der Waals surface area contributed by atoms with Gasteiger partial charge in [-0.1, -0.05) is 12.1 Å². The van der Waals surface area contributed by atoms with E-state index in [4.69, 9.17) is 0 Å². The van der Waals surface area contributed by atoms with Gasteiger partial charge < -0.3 is 15.1 Å². The number of nitrogens with one attached hydrogen (secondary N) is 1. The Balaban J connectivity index is 2.19. The molecular formula is C14H21N3O. The molecule has 0 saturated carbocycles. The van der Waals surface area contributed by atoms with Gasteiger partial charge in [-0.2, -0.15) is 0 Å². The molecule has 1 saturated heterocycles. The molecule has 1 fully saturated rings. The van der Waals surface area contributed by atoms with Crippen LogP contribution in [0.1, 0.15) is 10.4 Å². The number of carbonyl (C=O) groups excluding carboxylic acids is 1. The van der Waals surface area contributed by atoms with E-state index < -0.39 is 0 Å². The first-order chi connectivity index (χ1) is 8.72. The number of nitrogens with zero attached hydrogens (tertiary/aromatic N) is 2. The van der Waals surface area contributed by atoms with Crippen LogP contribution in [0, 0.1) is 0 Å². The zero-order valence-electron chi connectivity index (χ0n) is 11.1. The van der Waals surface area contributed by atoms with Crippen molar-refractivity contribution in [2.75, 3.05) is 51.7 Å². The van der Waals surface area contributed by atoms with Crippen LogP contribution in [-0.2, 0) is 0 Å². The molecule has 4 nitrogen and oxygen atoms in total. The molecule has 1 heterocycles. The van der Waals surface area contributed by atoms with E-state index in [9.17, 15) is 4.79 Å². The summed E-state index contributed by atoms with van der Waals surface area (Å²) in [7, 11) is 3.94. The summed E-state index contributed by atoms with van der Waals surface area (Å²) in [4.78, 5) is 16.7. The highest BCUT2D eigenvalue weighted by Gasteiger charge is 2.19. The van der Waals surface area contributed by atoms with Gasteiger partial charge in [0, 0.05) is 37.4 Å². The number of piperazine rings is 1. The summed E-state index contributed by atoms with van der Waals surface area (Å²) in [6, 6.07) is 7.91. The highest BCUT2D eigenvalue weighted by atomic mass is 16.1. The quantitative estimate of drug-likeness (QED) is 0.800. The van der Waals surface area contributed by atoms with Crippen molar-refractivity contribution in [1.82, 2.24) is 10.2 Å². The molecule has 0 aromatic heterocycles. The monoisotopic (exact) mass is 247 g/mol. The van der Waals surface area contributed by atoms with Crippen molar-refractivity contribution < 1.29 is 4.79 Å². The number of anilines is 1. The van der Waals surface area contributed by atoms with Gasteiger partial charge in [-0.05, 0) is 26.2 Å². The Kier molecular flexibility index (Phi) is 4.33. The van der Waals surface area contributed by atoms with E-state index in [2.05, 4.69) is 22.2 Å². The molecular weight excluding hydrogens is 226 g/mol. The molecule has 1 aliphatic heterocycles. The Bertz CT molecular complexity index is 411. The van der Waals surface area contributed by atoms with Crippen molar-refractivity contribution >= 4 is 11.5 Å². The van der Waals surface area contributed by atoms with E-state index in [-0.39, 0.29) is 5.78 Å². The first-order valence-corrected chi connectivity index (χ1v) is 6.42. The fraction of sp³-hybridized carbons (Fsp3) is 0.500. The van der Waals surface area contributed by atoms with Crippen molar-refractivity contribution in [3.8, 4) is 0 Å². The van der Waals surface area contributed by atoms with Crippen LogP contribution in [-0.4, -0.2) is 57.5 Å². The van der Waals surface area contributed by atoms with Gasteiger partial charge in [-0.25, -0.2) is 0 Å². The molecule has 0 aliphatic carbocycles. The predicted octanol–water partition coefficient (Wildman–Crippen LogP) is 0.841. The Hall–Kier alpha value is -1.39. The van der Waals surface area contributed by atoms with Crippen LogP contribution in [0.3, 0.4) is 0 Å². The number of hydrogen-bond acceptors (Lipinski definition) is 4. The standard InChI is InChI=1S/C14H21N3O/c1-15-11-14(18)12-5-3-4-6-13(12)17-9-7-16(2)8-10-17/h3-6,15H,7-11H2,1-2H3. The van der Waals surface area contributed by atoms with E-state index in [0.29, 0.717) is 6.54 Å². The lowest BCUT2D eigenvalue weighted by molar-refractivity contribution is 0.0994. The molecule has 2 rings (SSSR count). The van der Waals surface area contributed by atoms with Gasteiger partial charge in [0.15, 0.2) is 5.78 Å². The molecule has 0 atom stereocenters. The SMILES string of the molecule is CNCC(=O)c1ccccc1N1CCN(C)CC1. The van der Waals surface area contributed by atoms with Crippen molar-refractivity contribution in [3.63, 3.8) is 0 Å². The van der Waals surface area contributed by atoms with E-state index >= 15 is 0 Å². The van der Waals surface area contributed by atoms with E-state index in [1.807, 2.05) is 24.3 Å². The van der Waals surface area contributed by atoms with Gasteiger partial charge >= 0.3 is 0 Å². The second kappa shape index (κ2) is 5.98. The molecule has 1 N–H and O–H groups in total. The Morgan fingerprint density at radius 1 is 1.22 bits per heavy atom.